The molecule has 1 atom stereocenters. The average Bonchev–Trinajstić information content (AvgIpc) is 2.64. The van der Waals surface area contributed by atoms with Gasteiger partial charge in [0.2, 0.25) is 11.8 Å². The number of rotatable bonds is 4. The van der Waals surface area contributed by atoms with Crippen LogP contribution in [0.3, 0.4) is 0 Å². The van der Waals surface area contributed by atoms with E-state index < -0.39 is 35.6 Å². The maximum Gasteiger partial charge on any atom is 0.332 e. The van der Waals surface area contributed by atoms with E-state index in [0.717, 1.165) is 9.80 Å². The number of benzene rings is 1. The number of nitrogens with zero attached hydrogens (tertiary/aromatic N) is 4. The highest BCUT2D eigenvalue weighted by Crippen LogP contribution is 2.37. The first-order valence-electron chi connectivity index (χ1n) is 7.39. The van der Waals surface area contributed by atoms with Crippen LogP contribution in [0.1, 0.15) is 11.5 Å². The molecule has 1 fully saturated rings. The van der Waals surface area contributed by atoms with E-state index in [2.05, 4.69) is 0 Å². The summed E-state index contributed by atoms with van der Waals surface area (Å²) in [5, 5.41) is 18.7. The fourth-order valence-electron chi connectivity index (χ4n) is 2.84. The van der Waals surface area contributed by atoms with E-state index in [0.29, 0.717) is 11.3 Å². The Balaban J connectivity index is 2.57. The van der Waals surface area contributed by atoms with Crippen LogP contribution in [0.2, 0.25) is 0 Å². The molecule has 128 valence electrons. The van der Waals surface area contributed by atoms with Gasteiger partial charge in [-0.1, -0.05) is 12.1 Å². The Morgan fingerprint density at radius 1 is 1.00 bits per heavy atom. The van der Waals surface area contributed by atoms with Crippen molar-refractivity contribution >= 4 is 17.8 Å². The number of urea groups is 1. The summed E-state index contributed by atoms with van der Waals surface area (Å²) in [6, 6.07) is 9.36. The Morgan fingerprint density at radius 2 is 1.48 bits per heavy atom. The molecule has 1 aliphatic heterocycles. The number of carbonyl (C=O) groups excluding carboxylic acids is 3. The van der Waals surface area contributed by atoms with E-state index in [1.807, 2.05) is 12.1 Å². The van der Waals surface area contributed by atoms with Gasteiger partial charge in [0, 0.05) is 20.0 Å². The van der Waals surface area contributed by atoms with Crippen LogP contribution in [0.25, 0.3) is 0 Å². The lowest BCUT2D eigenvalue weighted by Crippen LogP contribution is -2.58. The minimum Gasteiger partial charge on any atom is -0.497 e. The third-order valence-electron chi connectivity index (χ3n) is 4.26. The van der Waals surface area contributed by atoms with Gasteiger partial charge in [-0.05, 0) is 17.7 Å². The molecule has 1 saturated heterocycles. The fourth-order valence-corrected chi connectivity index (χ4v) is 2.84. The van der Waals surface area contributed by atoms with Crippen LogP contribution in [0.4, 0.5) is 4.79 Å². The highest BCUT2D eigenvalue weighted by molar-refractivity contribution is 6.16. The second kappa shape index (κ2) is 7.02. The molecule has 0 saturated carbocycles. The number of nitriles is 2. The molecule has 0 aliphatic carbocycles. The summed E-state index contributed by atoms with van der Waals surface area (Å²) in [5.41, 5.74) is 0.469. The molecule has 1 heterocycles. The van der Waals surface area contributed by atoms with E-state index in [-0.39, 0.29) is 0 Å². The molecule has 2 rings (SSSR count). The van der Waals surface area contributed by atoms with Gasteiger partial charge >= 0.3 is 6.03 Å². The van der Waals surface area contributed by atoms with Gasteiger partial charge in [0.25, 0.3) is 0 Å². The van der Waals surface area contributed by atoms with Crippen molar-refractivity contribution in [3.05, 3.63) is 29.8 Å². The number of hydrogen-bond acceptors (Lipinski definition) is 6. The summed E-state index contributed by atoms with van der Waals surface area (Å²) < 4.78 is 5.07. The molecule has 1 aromatic carbocycles. The van der Waals surface area contributed by atoms with Crippen molar-refractivity contribution in [2.75, 3.05) is 21.2 Å². The Bertz CT molecular complexity index is 752. The molecule has 25 heavy (non-hydrogen) atoms. The summed E-state index contributed by atoms with van der Waals surface area (Å²) in [7, 11) is 4.02. The van der Waals surface area contributed by atoms with E-state index in [1.165, 1.54) is 21.2 Å². The largest absolute Gasteiger partial charge is 0.497 e. The molecular formula is C17H16N4O4. The van der Waals surface area contributed by atoms with Crippen LogP contribution < -0.4 is 4.74 Å². The zero-order chi connectivity index (χ0) is 18.7. The normalized spacial score (nSPS) is 16.6. The van der Waals surface area contributed by atoms with Crippen LogP contribution in [-0.2, 0) is 9.59 Å². The molecule has 0 aromatic heterocycles. The van der Waals surface area contributed by atoms with Gasteiger partial charge < -0.3 is 4.74 Å². The van der Waals surface area contributed by atoms with Crippen LogP contribution in [0.15, 0.2) is 24.3 Å². The first kappa shape index (κ1) is 18.0. The maximum atomic E-state index is 12.6. The molecular weight excluding hydrogens is 324 g/mol. The number of carbonyl (C=O) groups is 3. The van der Waals surface area contributed by atoms with Crippen molar-refractivity contribution < 1.29 is 19.1 Å². The number of ether oxygens (including phenoxy) is 1. The van der Waals surface area contributed by atoms with E-state index in [1.54, 1.807) is 24.3 Å². The van der Waals surface area contributed by atoms with Gasteiger partial charge in [0.1, 0.15) is 17.6 Å². The number of methoxy groups -OCH3 is 1. The van der Waals surface area contributed by atoms with Crippen molar-refractivity contribution in [3.8, 4) is 17.9 Å². The van der Waals surface area contributed by atoms with Crippen molar-refractivity contribution in [1.82, 2.24) is 9.80 Å². The van der Waals surface area contributed by atoms with Crippen molar-refractivity contribution in [3.63, 3.8) is 0 Å². The summed E-state index contributed by atoms with van der Waals surface area (Å²) in [4.78, 5) is 38.7. The first-order chi connectivity index (χ1) is 11.9. The quantitative estimate of drug-likeness (QED) is 0.758. The highest BCUT2D eigenvalue weighted by Gasteiger charge is 2.49. The smallest absolute Gasteiger partial charge is 0.332 e. The number of barbiturate groups is 1. The summed E-state index contributed by atoms with van der Waals surface area (Å²) in [6.07, 6.45) is 0. The zero-order valence-corrected chi connectivity index (χ0v) is 14.0. The lowest BCUT2D eigenvalue weighted by Gasteiger charge is -2.36. The number of amides is 4. The zero-order valence-electron chi connectivity index (χ0n) is 14.0. The lowest BCUT2D eigenvalue weighted by atomic mass is 9.76. The molecule has 4 amide bonds. The average molecular weight is 340 g/mol. The van der Waals surface area contributed by atoms with Crippen LogP contribution in [0, 0.1) is 34.5 Å². The second-order valence-corrected chi connectivity index (χ2v) is 5.59. The minimum absolute atomic E-state index is 0.469. The van der Waals surface area contributed by atoms with Gasteiger partial charge in [-0.3, -0.25) is 19.4 Å². The molecule has 8 heteroatoms. The van der Waals surface area contributed by atoms with E-state index in [4.69, 9.17) is 4.74 Å². The summed E-state index contributed by atoms with van der Waals surface area (Å²) >= 11 is 0. The molecule has 0 bridgehead atoms. The highest BCUT2D eigenvalue weighted by atomic mass is 16.5. The topological polar surface area (TPSA) is 114 Å². The minimum atomic E-state index is -1.33. The van der Waals surface area contributed by atoms with Crippen LogP contribution in [-0.4, -0.2) is 48.9 Å². The number of imide groups is 2. The second-order valence-electron chi connectivity index (χ2n) is 5.59. The Labute approximate surface area is 144 Å². The molecule has 0 radical (unpaired) electrons. The number of hydrogen-bond donors (Lipinski definition) is 0. The SMILES string of the molecule is COc1ccc(C(C(C#N)C#N)C2C(=O)N(C)C(=O)N(C)C2=O)cc1. The van der Waals surface area contributed by atoms with Gasteiger partial charge in [-0.15, -0.1) is 0 Å². The van der Waals surface area contributed by atoms with E-state index >= 15 is 0 Å². The first-order valence-corrected chi connectivity index (χ1v) is 7.39. The molecule has 0 N–H and O–H groups in total. The maximum absolute atomic E-state index is 12.6. The van der Waals surface area contributed by atoms with E-state index in [9.17, 15) is 24.9 Å². The summed E-state index contributed by atoms with van der Waals surface area (Å²) in [5.74, 6) is -4.47. The van der Waals surface area contributed by atoms with Crippen LogP contribution >= 0.6 is 0 Å². The molecule has 1 aromatic rings. The molecule has 1 aliphatic rings. The fraction of sp³-hybridized carbons (Fsp3) is 0.353. The third kappa shape index (κ3) is 3.02. The van der Waals surface area contributed by atoms with Gasteiger partial charge in [0.05, 0.1) is 19.2 Å². The monoisotopic (exact) mass is 340 g/mol. The predicted molar refractivity (Wildman–Crippen MR) is 84.9 cm³/mol. The Kier molecular flexibility index (Phi) is 5.04. The van der Waals surface area contributed by atoms with Gasteiger partial charge in [-0.2, -0.15) is 10.5 Å². The Hall–Kier alpha value is -3.39. The van der Waals surface area contributed by atoms with Gasteiger partial charge in [0.15, 0.2) is 0 Å². The van der Waals surface area contributed by atoms with Gasteiger partial charge in [-0.25, -0.2) is 4.79 Å². The van der Waals surface area contributed by atoms with Crippen molar-refractivity contribution in [1.29, 1.82) is 10.5 Å². The third-order valence-corrected chi connectivity index (χ3v) is 4.26. The standard InChI is InChI=1S/C17H16N4O4/c1-20-15(22)14(16(23)21(2)17(20)24)13(11(8-18)9-19)10-4-6-12(25-3)7-5-10/h4-7,11,13-14H,1-3H3. The molecule has 1 unspecified atom stereocenters. The van der Waals surface area contributed by atoms with Crippen molar-refractivity contribution in [2.45, 2.75) is 5.92 Å². The van der Waals surface area contributed by atoms with Crippen LogP contribution in [0.5, 0.6) is 5.75 Å². The lowest BCUT2D eigenvalue weighted by molar-refractivity contribution is -0.149. The summed E-state index contributed by atoms with van der Waals surface area (Å²) in [6.45, 7) is 0. The van der Waals surface area contributed by atoms with Crippen molar-refractivity contribution in [2.24, 2.45) is 11.8 Å². The molecule has 8 nitrogen and oxygen atoms in total. The predicted octanol–water partition coefficient (Wildman–Crippen LogP) is 1.11. The molecule has 0 spiro atoms. The Morgan fingerprint density at radius 3 is 1.88 bits per heavy atom.